The van der Waals surface area contributed by atoms with Gasteiger partial charge in [-0.3, -0.25) is 4.79 Å². The van der Waals surface area contributed by atoms with Gasteiger partial charge >= 0.3 is 0 Å². The van der Waals surface area contributed by atoms with Crippen molar-refractivity contribution in [2.24, 2.45) is 0 Å². The molecule has 0 bridgehead atoms. The summed E-state index contributed by atoms with van der Waals surface area (Å²) in [4.78, 5) is 13.2. The highest BCUT2D eigenvalue weighted by atomic mass is 35.5. The number of thiophene rings is 1. The molecule has 1 N–H and O–H groups in total. The number of carbonyl (C=O) groups is 1. The summed E-state index contributed by atoms with van der Waals surface area (Å²) in [5.41, 5.74) is 1.75. The van der Waals surface area contributed by atoms with Crippen LogP contribution in [0.5, 0.6) is 5.75 Å². The van der Waals surface area contributed by atoms with Crippen LogP contribution in [0.1, 0.15) is 15.2 Å². The highest BCUT2D eigenvalue weighted by Crippen LogP contribution is 2.35. The van der Waals surface area contributed by atoms with Crippen molar-refractivity contribution in [2.75, 3.05) is 5.32 Å². The van der Waals surface area contributed by atoms with E-state index >= 15 is 0 Å². The van der Waals surface area contributed by atoms with Crippen molar-refractivity contribution >= 4 is 44.6 Å². The first kappa shape index (κ1) is 17.6. The molecule has 134 valence electrons. The Labute approximate surface area is 166 Å². The summed E-state index contributed by atoms with van der Waals surface area (Å²) in [6, 6.07) is 25.0. The SMILES string of the molecule is O=C(Nc1cccc(OCc2ccccc2)c1)c1sc2ccccc2c1Cl. The Morgan fingerprint density at radius 2 is 1.74 bits per heavy atom. The van der Waals surface area contributed by atoms with Crippen molar-refractivity contribution in [1.82, 2.24) is 0 Å². The third-order valence-electron chi connectivity index (χ3n) is 4.08. The molecular formula is C22H16ClNO2S. The van der Waals surface area contributed by atoms with Gasteiger partial charge in [0.05, 0.1) is 5.02 Å². The molecule has 0 saturated carbocycles. The van der Waals surface area contributed by atoms with Gasteiger partial charge in [0.2, 0.25) is 0 Å². The molecule has 0 unspecified atom stereocenters. The lowest BCUT2D eigenvalue weighted by Crippen LogP contribution is -2.10. The molecule has 0 aliphatic heterocycles. The summed E-state index contributed by atoms with van der Waals surface area (Å²) >= 11 is 7.78. The maximum Gasteiger partial charge on any atom is 0.267 e. The molecule has 1 heterocycles. The highest BCUT2D eigenvalue weighted by Gasteiger charge is 2.17. The molecule has 3 nitrogen and oxygen atoms in total. The molecule has 0 atom stereocenters. The fourth-order valence-corrected chi connectivity index (χ4v) is 4.16. The van der Waals surface area contributed by atoms with Crippen molar-refractivity contribution in [2.45, 2.75) is 6.61 Å². The predicted molar refractivity (Wildman–Crippen MR) is 112 cm³/mol. The van der Waals surface area contributed by atoms with Gasteiger partial charge in [0.1, 0.15) is 17.2 Å². The zero-order valence-electron chi connectivity index (χ0n) is 14.3. The molecule has 4 aromatic rings. The number of carbonyl (C=O) groups excluding carboxylic acids is 1. The minimum absolute atomic E-state index is 0.221. The first-order valence-corrected chi connectivity index (χ1v) is 9.65. The molecule has 3 aromatic carbocycles. The van der Waals surface area contributed by atoms with Crippen LogP contribution in [0.3, 0.4) is 0 Å². The van der Waals surface area contributed by atoms with Crippen LogP contribution >= 0.6 is 22.9 Å². The van der Waals surface area contributed by atoms with Crippen molar-refractivity contribution in [3.63, 3.8) is 0 Å². The number of hydrogen-bond acceptors (Lipinski definition) is 3. The number of hydrogen-bond donors (Lipinski definition) is 1. The van der Waals surface area contributed by atoms with Gasteiger partial charge in [-0.25, -0.2) is 0 Å². The van der Waals surface area contributed by atoms with Crippen LogP contribution in [-0.2, 0) is 6.61 Å². The zero-order valence-corrected chi connectivity index (χ0v) is 15.9. The minimum atomic E-state index is -0.221. The average Bonchev–Trinajstić information content (AvgIpc) is 3.05. The van der Waals surface area contributed by atoms with Gasteiger partial charge in [0.15, 0.2) is 0 Å². The van der Waals surface area contributed by atoms with Gasteiger partial charge in [-0.2, -0.15) is 0 Å². The standard InChI is InChI=1S/C22H16ClNO2S/c23-20-18-11-4-5-12-19(18)27-21(20)22(25)24-16-9-6-10-17(13-16)26-14-15-7-2-1-3-8-15/h1-13H,14H2,(H,24,25). The summed E-state index contributed by atoms with van der Waals surface area (Å²) in [6.07, 6.45) is 0. The van der Waals surface area contributed by atoms with E-state index in [-0.39, 0.29) is 5.91 Å². The Bertz CT molecular complexity index is 1090. The van der Waals surface area contributed by atoms with Crippen LogP contribution in [0.4, 0.5) is 5.69 Å². The van der Waals surface area contributed by atoms with Gasteiger partial charge in [-0.1, -0.05) is 66.2 Å². The summed E-state index contributed by atoms with van der Waals surface area (Å²) in [5, 5.41) is 4.29. The lowest BCUT2D eigenvalue weighted by Gasteiger charge is -2.09. The number of rotatable bonds is 5. The highest BCUT2D eigenvalue weighted by molar-refractivity contribution is 7.21. The van der Waals surface area contributed by atoms with Gasteiger partial charge in [0, 0.05) is 21.8 Å². The first-order chi connectivity index (χ1) is 13.2. The first-order valence-electron chi connectivity index (χ1n) is 8.46. The number of nitrogens with one attached hydrogen (secondary N) is 1. The van der Waals surface area contributed by atoms with Gasteiger partial charge < -0.3 is 10.1 Å². The second-order valence-corrected chi connectivity index (χ2v) is 7.43. The number of anilines is 1. The van der Waals surface area contributed by atoms with E-state index in [2.05, 4.69) is 5.32 Å². The number of benzene rings is 3. The normalized spacial score (nSPS) is 10.7. The average molecular weight is 394 g/mol. The van der Waals surface area contributed by atoms with Crippen molar-refractivity contribution in [3.05, 3.63) is 94.3 Å². The number of ether oxygens (including phenoxy) is 1. The van der Waals surface area contributed by atoms with E-state index in [1.807, 2.05) is 78.9 Å². The fourth-order valence-electron chi connectivity index (χ4n) is 2.75. The van der Waals surface area contributed by atoms with Crippen molar-refractivity contribution in [3.8, 4) is 5.75 Å². The number of halogens is 1. The smallest absolute Gasteiger partial charge is 0.267 e. The second-order valence-electron chi connectivity index (χ2n) is 6.00. The third kappa shape index (κ3) is 3.97. The van der Waals surface area contributed by atoms with E-state index in [0.717, 1.165) is 15.6 Å². The summed E-state index contributed by atoms with van der Waals surface area (Å²) < 4.78 is 6.81. The van der Waals surface area contributed by atoms with E-state index in [9.17, 15) is 4.79 Å². The summed E-state index contributed by atoms with van der Waals surface area (Å²) in [5.74, 6) is 0.473. The topological polar surface area (TPSA) is 38.3 Å². The Morgan fingerprint density at radius 1 is 0.963 bits per heavy atom. The number of amides is 1. The largest absolute Gasteiger partial charge is 0.489 e. The minimum Gasteiger partial charge on any atom is -0.489 e. The van der Waals surface area contributed by atoms with E-state index in [4.69, 9.17) is 16.3 Å². The quantitative estimate of drug-likeness (QED) is 0.426. The molecule has 0 spiro atoms. The van der Waals surface area contributed by atoms with E-state index < -0.39 is 0 Å². The molecule has 0 radical (unpaired) electrons. The van der Waals surface area contributed by atoms with Crippen molar-refractivity contribution < 1.29 is 9.53 Å². The molecule has 0 aliphatic rings. The van der Waals surface area contributed by atoms with Crippen LogP contribution in [-0.4, -0.2) is 5.91 Å². The molecule has 1 amide bonds. The molecule has 1 aromatic heterocycles. The Hall–Kier alpha value is -2.82. The van der Waals surface area contributed by atoms with E-state index in [1.165, 1.54) is 11.3 Å². The summed E-state index contributed by atoms with van der Waals surface area (Å²) in [6.45, 7) is 0.473. The molecule has 0 saturated heterocycles. The molecule has 0 aliphatic carbocycles. The van der Waals surface area contributed by atoms with Crippen LogP contribution < -0.4 is 10.1 Å². The van der Waals surface area contributed by atoms with Crippen LogP contribution in [0.2, 0.25) is 5.02 Å². The summed E-state index contributed by atoms with van der Waals surface area (Å²) in [7, 11) is 0. The molecule has 4 rings (SSSR count). The van der Waals surface area contributed by atoms with E-state index in [0.29, 0.717) is 27.9 Å². The lowest BCUT2D eigenvalue weighted by molar-refractivity contribution is 0.103. The van der Waals surface area contributed by atoms with Gasteiger partial charge in [0.25, 0.3) is 5.91 Å². The van der Waals surface area contributed by atoms with Crippen LogP contribution in [0.15, 0.2) is 78.9 Å². The Balaban J connectivity index is 1.48. The molecule has 0 fully saturated rings. The third-order valence-corrected chi connectivity index (χ3v) is 5.76. The molecule has 5 heteroatoms. The maximum absolute atomic E-state index is 12.7. The predicted octanol–water partition coefficient (Wildman–Crippen LogP) is 6.39. The molecular weight excluding hydrogens is 378 g/mol. The van der Waals surface area contributed by atoms with Gasteiger partial charge in [-0.05, 0) is 23.8 Å². The lowest BCUT2D eigenvalue weighted by atomic mass is 10.2. The maximum atomic E-state index is 12.7. The second kappa shape index (κ2) is 7.82. The number of fused-ring (bicyclic) bond motifs is 1. The fraction of sp³-hybridized carbons (Fsp3) is 0.0455. The zero-order chi connectivity index (χ0) is 18.6. The van der Waals surface area contributed by atoms with E-state index in [1.54, 1.807) is 0 Å². The van der Waals surface area contributed by atoms with Crippen LogP contribution in [0, 0.1) is 0 Å². The monoisotopic (exact) mass is 393 g/mol. The van der Waals surface area contributed by atoms with Crippen molar-refractivity contribution in [1.29, 1.82) is 0 Å². The molecule has 27 heavy (non-hydrogen) atoms. The Morgan fingerprint density at radius 3 is 2.56 bits per heavy atom. The Kier molecular flexibility index (Phi) is 5.10. The van der Waals surface area contributed by atoms with Gasteiger partial charge in [-0.15, -0.1) is 11.3 Å². The van der Waals surface area contributed by atoms with Crippen LogP contribution in [0.25, 0.3) is 10.1 Å².